The number of fused-ring (bicyclic) bond motifs is 1. The summed E-state index contributed by atoms with van der Waals surface area (Å²) in [6.45, 7) is 0. The van der Waals surface area contributed by atoms with Crippen LogP contribution in [0.1, 0.15) is 39.7 Å². The second kappa shape index (κ2) is 7.86. The molecule has 34 heavy (non-hydrogen) atoms. The summed E-state index contributed by atoms with van der Waals surface area (Å²) in [5, 5.41) is 26.0. The van der Waals surface area contributed by atoms with Gasteiger partial charge in [0.2, 0.25) is 0 Å². The lowest BCUT2D eigenvalue weighted by molar-refractivity contribution is 0.103. The number of pyridine rings is 1. The fourth-order valence-corrected chi connectivity index (χ4v) is 4.56. The van der Waals surface area contributed by atoms with E-state index in [1.807, 2.05) is 25.2 Å². The van der Waals surface area contributed by atoms with E-state index in [4.69, 9.17) is 10.4 Å². The van der Waals surface area contributed by atoms with Crippen molar-refractivity contribution in [3.8, 4) is 23.1 Å². The Labute approximate surface area is 197 Å². The molecule has 0 atom stereocenters. The number of hydrogen-bond acceptors (Lipinski definition) is 8. The van der Waals surface area contributed by atoms with Crippen LogP contribution in [0.15, 0.2) is 48.9 Å². The second-order valence-corrected chi connectivity index (χ2v) is 8.87. The van der Waals surface area contributed by atoms with Gasteiger partial charge in [-0.3, -0.25) is 9.48 Å². The molecule has 10 nitrogen and oxygen atoms in total. The third-order valence-corrected chi connectivity index (χ3v) is 6.53. The van der Waals surface area contributed by atoms with E-state index in [0.29, 0.717) is 22.3 Å². The molecule has 0 saturated heterocycles. The first-order valence-electron chi connectivity index (χ1n) is 10.6. The van der Waals surface area contributed by atoms with Gasteiger partial charge in [0.05, 0.1) is 17.4 Å². The van der Waals surface area contributed by atoms with Crippen LogP contribution < -0.4 is 5.32 Å². The third kappa shape index (κ3) is 3.41. The van der Waals surface area contributed by atoms with E-state index in [2.05, 4.69) is 30.9 Å². The summed E-state index contributed by atoms with van der Waals surface area (Å²) in [5.41, 5.74) is 4.67. The molecular formula is C23H17N9OS. The summed E-state index contributed by atoms with van der Waals surface area (Å²) in [7, 11) is 1.88. The van der Waals surface area contributed by atoms with Gasteiger partial charge in [0.1, 0.15) is 16.6 Å². The average Bonchev–Trinajstić information content (AvgIpc) is 3.25. The molecular weight excluding hydrogens is 450 g/mol. The van der Waals surface area contributed by atoms with Crippen LogP contribution in [-0.4, -0.2) is 40.0 Å². The molecule has 1 saturated carbocycles. The van der Waals surface area contributed by atoms with Crippen molar-refractivity contribution in [1.82, 2.24) is 34.1 Å². The summed E-state index contributed by atoms with van der Waals surface area (Å²) in [5.74, 6) is 0.798. The molecule has 1 amide bonds. The van der Waals surface area contributed by atoms with Gasteiger partial charge in [-0.25, -0.2) is 9.36 Å². The standard InChI is InChI=1S/C23H17N9OS/c1-31-22-17(28-23(33)18-8-9-27-34-18)6-5-16(13-2-3-13)20(22)21(30-31)14-4-7-19(25-11-14)32-26-12-15(10-24)29-32/h4-9,11-13H,2-3H2,1H3,(H,28,33). The van der Waals surface area contributed by atoms with Crippen molar-refractivity contribution < 1.29 is 4.79 Å². The van der Waals surface area contributed by atoms with Gasteiger partial charge in [0.15, 0.2) is 11.5 Å². The zero-order chi connectivity index (χ0) is 23.2. The lowest BCUT2D eigenvalue weighted by atomic mass is 9.99. The molecule has 0 spiro atoms. The maximum Gasteiger partial charge on any atom is 0.267 e. The minimum absolute atomic E-state index is 0.194. The van der Waals surface area contributed by atoms with Crippen LogP contribution in [-0.2, 0) is 7.05 Å². The Morgan fingerprint density at radius 2 is 2.06 bits per heavy atom. The third-order valence-electron chi connectivity index (χ3n) is 5.78. The summed E-state index contributed by atoms with van der Waals surface area (Å²) < 4.78 is 5.83. The highest BCUT2D eigenvalue weighted by Crippen LogP contribution is 2.46. The number of anilines is 1. The number of aryl methyl sites for hydroxylation is 1. The molecule has 1 aromatic carbocycles. The van der Waals surface area contributed by atoms with Crippen molar-refractivity contribution in [2.45, 2.75) is 18.8 Å². The highest BCUT2D eigenvalue weighted by molar-refractivity contribution is 7.08. The summed E-state index contributed by atoms with van der Waals surface area (Å²) in [6, 6.07) is 11.4. The van der Waals surface area contributed by atoms with Gasteiger partial charge in [-0.1, -0.05) is 6.07 Å². The van der Waals surface area contributed by atoms with Crippen molar-refractivity contribution in [1.29, 1.82) is 5.26 Å². The fourth-order valence-electron chi connectivity index (χ4n) is 4.07. The minimum atomic E-state index is -0.194. The molecule has 1 N–H and O–H groups in total. The number of aromatic nitrogens is 7. The van der Waals surface area contributed by atoms with E-state index >= 15 is 0 Å². The van der Waals surface area contributed by atoms with Crippen LogP contribution in [0.2, 0.25) is 0 Å². The molecule has 0 radical (unpaired) electrons. The predicted octanol–water partition coefficient (Wildman–Crippen LogP) is 3.67. The van der Waals surface area contributed by atoms with Gasteiger partial charge in [-0.15, -0.1) is 9.90 Å². The SMILES string of the molecule is Cn1nc(-c2ccc(-n3ncc(C#N)n3)nc2)c2c(C3CC3)ccc(NC(=O)c3ccns3)c21. The van der Waals surface area contributed by atoms with Gasteiger partial charge in [0.25, 0.3) is 5.91 Å². The van der Waals surface area contributed by atoms with Gasteiger partial charge in [0, 0.05) is 30.4 Å². The van der Waals surface area contributed by atoms with E-state index in [-0.39, 0.29) is 11.6 Å². The average molecular weight is 468 g/mol. The number of nitrogens with zero attached hydrogens (tertiary/aromatic N) is 8. The fraction of sp³-hybridized carbons (Fsp3) is 0.174. The Morgan fingerprint density at radius 3 is 2.74 bits per heavy atom. The number of carbonyl (C=O) groups excluding carboxylic acids is 1. The Balaban J connectivity index is 1.44. The monoisotopic (exact) mass is 467 g/mol. The summed E-state index contributed by atoms with van der Waals surface area (Å²) in [6.07, 6.45) is 7.01. The Hall–Kier alpha value is -4.43. The van der Waals surface area contributed by atoms with Crippen LogP contribution in [0, 0.1) is 11.3 Å². The van der Waals surface area contributed by atoms with Crippen LogP contribution in [0.25, 0.3) is 28.0 Å². The molecule has 1 fully saturated rings. The van der Waals surface area contributed by atoms with E-state index < -0.39 is 0 Å². The maximum absolute atomic E-state index is 12.7. The highest BCUT2D eigenvalue weighted by Gasteiger charge is 2.29. The van der Waals surface area contributed by atoms with Gasteiger partial charge >= 0.3 is 0 Å². The number of rotatable bonds is 5. The van der Waals surface area contributed by atoms with Gasteiger partial charge in [-0.05, 0) is 60.1 Å². The lowest BCUT2D eigenvalue weighted by Crippen LogP contribution is -2.11. The number of amides is 1. The topological polar surface area (TPSA) is 127 Å². The minimum Gasteiger partial charge on any atom is -0.319 e. The first kappa shape index (κ1) is 20.2. The molecule has 1 aliphatic carbocycles. The highest BCUT2D eigenvalue weighted by atomic mass is 32.1. The lowest BCUT2D eigenvalue weighted by Gasteiger charge is -2.10. The summed E-state index contributed by atoms with van der Waals surface area (Å²) in [4.78, 5) is 19.1. The van der Waals surface area contributed by atoms with Crippen LogP contribution >= 0.6 is 11.5 Å². The molecule has 1 aliphatic rings. The largest absolute Gasteiger partial charge is 0.319 e. The van der Waals surface area contributed by atoms with E-state index in [1.54, 1.807) is 29.2 Å². The second-order valence-electron chi connectivity index (χ2n) is 8.04. The van der Waals surface area contributed by atoms with Crippen molar-refractivity contribution in [2.24, 2.45) is 7.05 Å². The Kier molecular flexibility index (Phi) is 4.67. The molecule has 11 heteroatoms. The number of benzene rings is 1. The quantitative estimate of drug-likeness (QED) is 0.418. The number of nitriles is 1. The molecule has 0 aliphatic heterocycles. The molecule has 0 bridgehead atoms. The molecule has 6 rings (SSSR count). The molecule has 4 aromatic heterocycles. The van der Waals surface area contributed by atoms with Crippen molar-refractivity contribution in [2.75, 3.05) is 5.32 Å². The maximum atomic E-state index is 12.7. The molecule has 4 heterocycles. The molecule has 166 valence electrons. The number of nitrogens with one attached hydrogen (secondary N) is 1. The van der Waals surface area contributed by atoms with Crippen molar-refractivity contribution in [3.63, 3.8) is 0 Å². The Bertz CT molecular complexity index is 1570. The first-order chi connectivity index (χ1) is 16.6. The normalized spacial score (nSPS) is 13.2. The number of carbonyl (C=O) groups is 1. The predicted molar refractivity (Wildman–Crippen MR) is 126 cm³/mol. The van der Waals surface area contributed by atoms with Gasteiger partial charge in [-0.2, -0.15) is 15.5 Å². The zero-order valence-corrected chi connectivity index (χ0v) is 18.8. The summed E-state index contributed by atoms with van der Waals surface area (Å²) >= 11 is 1.16. The van der Waals surface area contributed by atoms with Crippen molar-refractivity contribution in [3.05, 3.63) is 65.1 Å². The van der Waals surface area contributed by atoms with Crippen molar-refractivity contribution >= 4 is 34.0 Å². The first-order valence-corrected chi connectivity index (χ1v) is 11.4. The van der Waals surface area contributed by atoms with Crippen LogP contribution in [0.4, 0.5) is 5.69 Å². The number of hydrogen-bond donors (Lipinski definition) is 1. The zero-order valence-electron chi connectivity index (χ0n) is 18.0. The Morgan fingerprint density at radius 1 is 1.18 bits per heavy atom. The van der Waals surface area contributed by atoms with Crippen LogP contribution in [0.3, 0.4) is 0 Å². The van der Waals surface area contributed by atoms with Crippen LogP contribution in [0.5, 0.6) is 0 Å². The van der Waals surface area contributed by atoms with E-state index in [0.717, 1.165) is 46.5 Å². The molecule has 5 aromatic rings. The smallest absolute Gasteiger partial charge is 0.267 e. The van der Waals surface area contributed by atoms with Gasteiger partial charge < -0.3 is 5.32 Å². The molecule has 0 unspecified atom stereocenters. The van der Waals surface area contributed by atoms with E-state index in [1.165, 1.54) is 16.6 Å². The van der Waals surface area contributed by atoms with E-state index in [9.17, 15) is 4.79 Å².